The minimum Gasteiger partial charge on any atom is -0.445 e. The molecule has 0 bridgehead atoms. The first-order valence-corrected chi connectivity index (χ1v) is 6.65. The summed E-state index contributed by atoms with van der Waals surface area (Å²) in [5, 5.41) is 3.55. The van der Waals surface area contributed by atoms with Gasteiger partial charge in [-0.2, -0.15) is 0 Å². The van der Waals surface area contributed by atoms with Crippen molar-refractivity contribution in [2.24, 2.45) is 0 Å². The Hall–Kier alpha value is -0.870. The van der Waals surface area contributed by atoms with Gasteiger partial charge in [0, 0.05) is 6.04 Å². The summed E-state index contributed by atoms with van der Waals surface area (Å²) in [6.07, 6.45) is 5.56. The largest absolute Gasteiger partial charge is 0.445 e. The van der Waals surface area contributed by atoms with Gasteiger partial charge in [-0.05, 0) is 45.8 Å². The van der Waals surface area contributed by atoms with E-state index < -0.39 is 0 Å². The minimum absolute atomic E-state index is 0.610. The van der Waals surface area contributed by atoms with E-state index in [9.17, 15) is 0 Å². The molecule has 1 N–H and O–H groups in total. The van der Waals surface area contributed by atoms with Crippen LogP contribution in [0.1, 0.15) is 37.8 Å². The Labute approximate surface area is 103 Å². The summed E-state index contributed by atoms with van der Waals surface area (Å²) in [6, 6.07) is 0.610. The van der Waals surface area contributed by atoms with E-state index in [0.29, 0.717) is 6.04 Å². The number of oxazole rings is 1. The first kappa shape index (κ1) is 12.6. The molecule has 0 saturated carbocycles. The van der Waals surface area contributed by atoms with Crippen LogP contribution in [0.4, 0.5) is 0 Å². The average Bonchev–Trinajstić information content (AvgIpc) is 2.63. The molecule has 2 heterocycles. The molecule has 1 fully saturated rings. The van der Waals surface area contributed by atoms with Crippen molar-refractivity contribution < 1.29 is 4.42 Å². The smallest absolute Gasteiger partial charge is 0.208 e. The molecule has 1 aliphatic heterocycles. The third-order valence-electron chi connectivity index (χ3n) is 3.48. The summed E-state index contributed by atoms with van der Waals surface area (Å²) in [5.74, 6) is 1.69. The molecule has 4 nitrogen and oxygen atoms in total. The van der Waals surface area contributed by atoms with Gasteiger partial charge in [0.15, 0.2) is 0 Å². The normalized spacial score (nSPS) is 22.6. The Bertz CT molecular complexity index is 337. The molecule has 1 aliphatic rings. The summed E-state index contributed by atoms with van der Waals surface area (Å²) < 4.78 is 5.46. The fourth-order valence-corrected chi connectivity index (χ4v) is 2.39. The molecule has 1 atom stereocenters. The standard InChI is InChI=1S/C13H23N3O/c1-3-16-7-4-5-12(6-8-16)14-10-13-15-9-11(2)17-13/h9,12,14H,3-8,10H2,1-2H3. The maximum absolute atomic E-state index is 5.46. The van der Waals surface area contributed by atoms with Gasteiger partial charge in [0.1, 0.15) is 5.76 Å². The topological polar surface area (TPSA) is 41.3 Å². The van der Waals surface area contributed by atoms with E-state index in [1.165, 1.54) is 38.9 Å². The highest BCUT2D eigenvalue weighted by Crippen LogP contribution is 2.11. The fraction of sp³-hybridized carbons (Fsp3) is 0.769. The predicted octanol–water partition coefficient (Wildman–Crippen LogP) is 1.95. The SMILES string of the molecule is CCN1CCCC(NCc2ncc(C)o2)CC1. The van der Waals surface area contributed by atoms with Crippen molar-refractivity contribution in [1.29, 1.82) is 0 Å². The van der Waals surface area contributed by atoms with Crippen LogP contribution in [0.25, 0.3) is 0 Å². The number of aryl methyl sites for hydroxylation is 1. The number of hydrogen-bond acceptors (Lipinski definition) is 4. The molecular weight excluding hydrogens is 214 g/mol. The summed E-state index contributed by atoms with van der Waals surface area (Å²) >= 11 is 0. The molecule has 96 valence electrons. The number of aromatic nitrogens is 1. The quantitative estimate of drug-likeness (QED) is 0.869. The van der Waals surface area contributed by atoms with Crippen LogP contribution >= 0.6 is 0 Å². The average molecular weight is 237 g/mol. The van der Waals surface area contributed by atoms with Crippen LogP contribution < -0.4 is 5.32 Å². The van der Waals surface area contributed by atoms with Crippen LogP contribution in [0.2, 0.25) is 0 Å². The van der Waals surface area contributed by atoms with Gasteiger partial charge >= 0.3 is 0 Å². The van der Waals surface area contributed by atoms with Crippen LogP contribution in [0.5, 0.6) is 0 Å². The van der Waals surface area contributed by atoms with Gasteiger partial charge in [-0.1, -0.05) is 6.92 Å². The van der Waals surface area contributed by atoms with E-state index in [1.807, 2.05) is 6.92 Å². The number of nitrogens with one attached hydrogen (secondary N) is 1. The molecule has 2 rings (SSSR count). The van der Waals surface area contributed by atoms with Crippen molar-refractivity contribution >= 4 is 0 Å². The van der Waals surface area contributed by atoms with E-state index in [1.54, 1.807) is 6.20 Å². The van der Waals surface area contributed by atoms with Crippen molar-refractivity contribution in [3.63, 3.8) is 0 Å². The number of hydrogen-bond donors (Lipinski definition) is 1. The van der Waals surface area contributed by atoms with Gasteiger partial charge in [-0.25, -0.2) is 4.98 Å². The Morgan fingerprint density at radius 2 is 2.35 bits per heavy atom. The monoisotopic (exact) mass is 237 g/mol. The van der Waals surface area contributed by atoms with Crippen molar-refractivity contribution in [2.45, 2.75) is 45.7 Å². The molecule has 1 saturated heterocycles. The molecule has 1 aromatic heterocycles. The van der Waals surface area contributed by atoms with Gasteiger partial charge < -0.3 is 14.6 Å². The zero-order valence-corrected chi connectivity index (χ0v) is 10.9. The number of likely N-dealkylation sites (tertiary alicyclic amines) is 1. The fourth-order valence-electron chi connectivity index (χ4n) is 2.39. The van der Waals surface area contributed by atoms with Crippen molar-refractivity contribution in [3.8, 4) is 0 Å². The molecule has 4 heteroatoms. The second-order valence-electron chi connectivity index (χ2n) is 4.81. The van der Waals surface area contributed by atoms with E-state index >= 15 is 0 Å². The lowest BCUT2D eigenvalue weighted by atomic mass is 10.1. The van der Waals surface area contributed by atoms with Crippen LogP contribution in [0.15, 0.2) is 10.6 Å². The van der Waals surface area contributed by atoms with E-state index in [-0.39, 0.29) is 0 Å². The van der Waals surface area contributed by atoms with Crippen LogP contribution in [-0.4, -0.2) is 35.6 Å². The predicted molar refractivity (Wildman–Crippen MR) is 67.8 cm³/mol. The van der Waals surface area contributed by atoms with Gasteiger partial charge in [-0.15, -0.1) is 0 Å². The molecule has 0 aromatic carbocycles. The summed E-state index contributed by atoms with van der Waals surface area (Å²) in [6.45, 7) is 8.55. The summed E-state index contributed by atoms with van der Waals surface area (Å²) in [5.41, 5.74) is 0. The molecule has 1 unspecified atom stereocenters. The Morgan fingerprint density at radius 3 is 3.06 bits per heavy atom. The number of nitrogens with zero attached hydrogens (tertiary/aromatic N) is 2. The molecule has 1 aromatic rings. The second kappa shape index (κ2) is 6.17. The van der Waals surface area contributed by atoms with Crippen LogP contribution in [0.3, 0.4) is 0 Å². The zero-order valence-electron chi connectivity index (χ0n) is 10.9. The second-order valence-corrected chi connectivity index (χ2v) is 4.81. The molecule has 0 aliphatic carbocycles. The van der Waals surface area contributed by atoms with E-state index in [0.717, 1.165) is 18.2 Å². The van der Waals surface area contributed by atoms with Gasteiger partial charge in [0.2, 0.25) is 5.89 Å². The minimum atomic E-state index is 0.610. The summed E-state index contributed by atoms with van der Waals surface area (Å²) in [4.78, 5) is 6.74. The highest BCUT2D eigenvalue weighted by Gasteiger charge is 2.15. The van der Waals surface area contributed by atoms with Gasteiger partial charge in [0.05, 0.1) is 12.7 Å². The highest BCUT2D eigenvalue weighted by atomic mass is 16.4. The zero-order chi connectivity index (χ0) is 12.1. The van der Waals surface area contributed by atoms with Gasteiger partial charge in [-0.3, -0.25) is 0 Å². The molecule has 0 spiro atoms. The van der Waals surface area contributed by atoms with Crippen LogP contribution in [0, 0.1) is 6.92 Å². The molecule has 0 amide bonds. The van der Waals surface area contributed by atoms with Crippen molar-refractivity contribution in [3.05, 3.63) is 17.8 Å². The van der Waals surface area contributed by atoms with Crippen molar-refractivity contribution in [2.75, 3.05) is 19.6 Å². The molecule has 17 heavy (non-hydrogen) atoms. The lowest BCUT2D eigenvalue weighted by Gasteiger charge is -2.17. The lowest BCUT2D eigenvalue weighted by molar-refractivity contribution is 0.296. The molecule has 0 radical (unpaired) electrons. The van der Waals surface area contributed by atoms with Crippen LogP contribution in [-0.2, 0) is 6.54 Å². The maximum Gasteiger partial charge on any atom is 0.208 e. The van der Waals surface area contributed by atoms with E-state index in [4.69, 9.17) is 4.42 Å². The van der Waals surface area contributed by atoms with Gasteiger partial charge in [0.25, 0.3) is 0 Å². The third kappa shape index (κ3) is 3.82. The number of rotatable bonds is 4. The molecular formula is C13H23N3O. The maximum atomic E-state index is 5.46. The first-order chi connectivity index (χ1) is 8.28. The Morgan fingerprint density at radius 1 is 1.47 bits per heavy atom. The third-order valence-corrected chi connectivity index (χ3v) is 3.48. The lowest BCUT2D eigenvalue weighted by Crippen LogP contribution is -2.30. The Kier molecular flexibility index (Phi) is 4.57. The first-order valence-electron chi connectivity index (χ1n) is 6.65. The summed E-state index contributed by atoms with van der Waals surface area (Å²) in [7, 11) is 0. The van der Waals surface area contributed by atoms with Crippen molar-refractivity contribution in [1.82, 2.24) is 15.2 Å². The highest BCUT2D eigenvalue weighted by molar-refractivity contribution is 4.90. The Balaban J connectivity index is 1.75. The van der Waals surface area contributed by atoms with E-state index in [2.05, 4.69) is 22.1 Å².